The topological polar surface area (TPSA) is 72.3 Å². The van der Waals surface area contributed by atoms with Gasteiger partial charge in [0.15, 0.2) is 0 Å². The minimum Gasteiger partial charge on any atom is -0.508 e. The summed E-state index contributed by atoms with van der Waals surface area (Å²) in [6.07, 6.45) is 0. The zero-order valence-corrected chi connectivity index (χ0v) is 8.40. The third kappa shape index (κ3) is 1.85. The van der Waals surface area contributed by atoms with Gasteiger partial charge in [0.1, 0.15) is 17.2 Å². The SMILES string of the molecule is Cc1oc(CN)nc1-c1ccc(O)cc1. The molecule has 1 heterocycles. The number of aromatic nitrogens is 1. The van der Waals surface area contributed by atoms with Gasteiger partial charge in [0.2, 0.25) is 5.89 Å². The number of aromatic hydroxyl groups is 1. The Kier molecular flexibility index (Phi) is 2.43. The molecule has 4 nitrogen and oxygen atoms in total. The van der Waals surface area contributed by atoms with Crippen molar-refractivity contribution >= 4 is 0 Å². The van der Waals surface area contributed by atoms with E-state index in [1.165, 1.54) is 0 Å². The Labute approximate surface area is 87.4 Å². The lowest BCUT2D eigenvalue weighted by Crippen LogP contribution is -1.95. The molecule has 2 rings (SSSR count). The quantitative estimate of drug-likeness (QED) is 0.782. The molecule has 0 bridgehead atoms. The van der Waals surface area contributed by atoms with Crippen LogP contribution in [-0.4, -0.2) is 10.1 Å². The molecular weight excluding hydrogens is 192 g/mol. The van der Waals surface area contributed by atoms with Gasteiger partial charge in [-0.15, -0.1) is 0 Å². The highest BCUT2D eigenvalue weighted by Crippen LogP contribution is 2.24. The molecule has 0 saturated heterocycles. The molecule has 1 aromatic carbocycles. The number of phenolic OH excluding ortho intramolecular Hbond substituents is 1. The number of nitrogens with zero attached hydrogens (tertiary/aromatic N) is 1. The van der Waals surface area contributed by atoms with Gasteiger partial charge in [0.25, 0.3) is 0 Å². The minimum atomic E-state index is 0.235. The normalized spacial score (nSPS) is 10.5. The van der Waals surface area contributed by atoms with Crippen LogP contribution >= 0.6 is 0 Å². The van der Waals surface area contributed by atoms with E-state index in [1.54, 1.807) is 24.3 Å². The van der Waals surface area contributed by atoms with E-state index in [0.717, 1.165) is 17.0 Å². The first-order valence-corrected chi connectivity index (χ1v) is 4.66. The molecule has 0 unspecified atom stereocenters. The van der Waals surface area contributed by atoms with Crippen LogP contribution in [0.25, 0.3) is 11.3 Å². The van der Waals surface area contributed by atoms with Crippen molar-refractivity contribution in [2.24, 2.45) is 5.73 Å². The van der Waals surface area contributed by atoms with Crippen LogP contribution in [0, 0.1) is 6.92 Å². The van der Waals surface area contributed by atoms with Gasteiger partial charge < -0.3 is 15.3 Å². The van der Waals surface area contributed by atoms with E-state index in [0.29, 0.717) is 12.4 Å². The van der Waals surface area contributed by atoms with Crippen LogP contribution in [-0.2, 0) is 6.54 Å². The van der Waals surface area contributed by atoms with Gasteiger partial charge in [-0.3, -0.25) is 0 Å². The van der Waals surface area contributed by atoms with Gasteiger partial charge in [-0.2, -0.15) is 0 Å². The molecule has 0 aliphatic carbocycles. The summed E-state index contributed by atoms with van der Waals surface area (Å²) in [5, 5.41) is 9.16. The van der Waals surface area contributed by atoms with Crippen molar-refractivity contribution in [1.29, 1.82) is 0 Å². The highest BCUT2D eigenvalue weighted by atomic mass is 16.4. The summed E-state index contributed by atoms with van der Waals surface area (Å²) in [6, 6.07) is 6.82. The number of benzene rings is 1. The first kappa shape index (κ1) is 9.73. The van der Waals surface area contributed by atoms with Gasteiger partial charge in [-0.05, 0) is 31.2 Å². The van der Waals surface area contributed by atoms with Gasteiger partial charge in [0.05, 0.1) is 6.54 Å². The fourth-order valence-corrected chi connectivity index (χ4v) is 1.43. The lowest BCUT2D eigenvalue weighted by Gasteiger charge is -1.97. The molecule has 0 fully saturated rings. The second kappa shape index (κ2) is 3.74. The molecule has 1 aromatic heterocycles. The number of aryl methyl sites for hydroxylation is 1. The van der Waals surface area contributed by atoms with Gasteiger partial charge in [0, 0.05) is 5.56 Å². The monoisotopic (exact) mass is 204 g/mol. The van der Waals surface area contributed by atoms with Crippen molar-refractivity contribution in [2.75, 3.05) is 0 Å². The van der Waals surface area contributed by atoms with Crippen molar-refractivity contribution in [3.05, 3.63) is 35.9 Å². The smallest absolute Gasteiger partial charge is 0.208 e. The Morgan fingerprint density at radius 3 is 2.53 bits per heavy atom. The highest BCUT2D eigenvalue weighted by Gasteiger charge is 2.10. The average molecular weight is 204 g/mol. The van der Waals surface area contributed by atoms with E-state index in [1.807, 2.05) is 6.92 Å². The van der Waals surface area contributed by atoms with Crippen molar-refractivity contribution in [2.45, 2.75) is 13.5 Å². The fourth-order valence-electron chi connectivity index (χ4n) is 1.43. The number of hydrogen-bond acceptors (Lipinski definition) is 4. The van der Waals surface area contributed by atoms with Gasteiger partial charge in [-0.1, -0.05) is 0 Å². The minimum absolute atomic E-state index is 0.235. The molecule has 4 heteroatoms. The van der Waals surface area contributed by atoms with E-state index >= 15 is 0 Å². The van der Waals surface area contributed by atoms with E-state index in [2.05, 4.69) is 4.98 Å². The van der Waals surface area contributed by atoms with Gasteiger partial charge in [-0.25, -0.2) is 4.98 Å². The van der Waals surface area contributed by atoms with Crippen LogP contribution in [0.5, 0.6) is 5.75 Å². The predicted octanol–water partition coefficient (Wildman–Crippen LogP) is 1.81. The van der Waals surface area contributed by atoms with Crippen LogP contribution in [0.2, 0.25) is 0 Å². The van der Waals surface area contributed by atoms with Crippen LogP contribution in [0.1, 0.15) is 11.7 Å². The Morgan fingerprint density at radius 2 is 2.00 bits per heavy atom. The summed E-state index contributed by atoms with van der Waals surface area (Å²) in [5.74, 6) is 1.50. The lowest BCUT2D eigenvalue weighted by atomic mass is 10.1. The third-order valence-corrected chi connectivity index (χ3v) is 2.16. The molecule has 0 aliphatic rings. The third-order valence-electron chi connectivity index (χ3n) is 2.16. The van der Waals surface area contributed by atoms with E-state index < -0.39 is 0 Å². The molecule has 78 valence electrons. The maximum atomic E-state index is 9.16. The number of oxazole rings is 1. The molecular formula is C11H12N2O2. The van der Waals surface area contributed by atoms with Gasteiger partial charge >= 0.3 is 0 Å². The molecule has 0 aliphatic heterocycles. The van der Waals surface area contributed by atoms with Crippen LogP contribution < -0.4 is 5.73 Å². The second-order valence-electron chi connectivity index (χ2n) is 3.26. The molecule has 0 spiro atoms. The number of nitrogens with two attached hydrogens (primary N) is 1. The highest BCUT2D eigenvalue weighted by molar-refractivity contribution is 5.61. The maximum absolute atomic E-state index is 9.16. The van der Waals surface area contributed by atoms with E-state index in [-0.39, 0.29) is 5.75 Å². The first-order chi connectivity index (χ1) is 7.20. The Hall–Kier alpha value is -1.81. The van der Waals surface area contributed by atoms with Crippen molar-refractivity contribution in [1.82, 2.24) is 4.98 Å². The zero-order chi connectivity index (χ0) is 10.8. The molecule has 0 atom stereocenters. The zero-order valence-electron chi connectivity index (χ0n) is 8.40. The molecule has 0 amide bonds. The first-order valence-electron chi connectivity index (χ1n) is 4.66. The van der Waals surface area contributed by atoms with E-state index in [4.69, 9.17) is 15.3 Å². The van der Waals surface area contributed by atoms with E-state index in [9.17, 15) is 0 Å². The summed E-state index contributed by atoms with van der Waals surface area (Å²) in [4.78, 5) is 4.25. The summed E-state index contributed by atoms with van der Waals surface area (Å²) >= 11 is 0. The largest absolute Gasteiger partial charge is 0.508 e. The molecule has 15 heavy (non-hydrogen) atoms. The Balaban J connectivity index is 2.44. The fraction of sp³-hybridized carbons (Fsp3) is 0.182. The lowest BCUT2D eigenvalue weighted by molar-refractivity contribution is 0.473. The molecule has 0 radical (unpaired) electrons. The summed E-state index contributed by atoms with van der Waals surface area (Å²) in [6.45, 7) is 2.13. The summed E-state index contributed by atoms with van der Waals surface area (Å²) < 4.78 is 5.35. The Bertz CT molecular complexity index is 460. The second-order valence-corrected chi connectivity index (χ2v) is 3.26. The molecule has 3 N–H and O–H groups in total. The molecule has 0 saturated carbocycles. The van der Waals surface area contributed by atoms with Crippen LogP contribution in [0.15, 0.2) is 28.7 Å². The molecule has 2 aromatic rings. The van der Waals surface area contributed by atoms with Crippen LogP contribution in [0.3, 0.4) is 0 Å². The predicted molar refractivity (Wildman–Crippen MR) is 56.2 cm³/mol. The van der Waals surface area contributed by atoms with Crippen molar-refractivity contribution in [3.8, 4) is 17.0 Å². The average Bonchev–Trinajstić information content (AvgIpc) is 2.61. The summed E-state index contributed by atoms with van der Waals surface area (Å²) in [5.41, 5.74) is 7.12. The number of rotatable bonds is 2. The summed E-state index contributed by atoms with van der Waals surface area (Å²) in [7, 11) is 0. The standard InChI is InChI=1S/C11H12N2O2/c1-7-11(13-10(6-12)15-7)8-2-4-9(14)5-3-8/h2-5,14H,6,12H2,1H3. The van der Waals surface area contributed by atoms with Crippen LogP contribution in [0.4, 0.5) is 0 Å². The van der Waals surface area contributed by atoms with Crippen molar-refractivity contribution < 1.29 is 9.52 Å². The van der Waals surface area contributed by atoms with Crippen molar-refractivity contribution in [3.63, 3.8) is 0 Å². The maximum Gasteiger partial charge on any atom is 0.208 e. The Morgan fingerprint density at radius 1 is 1.33 bits per heavy atom. The number of hydrogen-bond donors (Lipinski definition) is 2. The number of phenols is 1.